The zero-order valence-electron chi connectivity index (χ0n) is 21.2. The molecule has 0 unspecified atom stereocenters. The Labute approximate surface area is 194 Å². The smallest absolute Gasteiger partial charge is 0.408 e. The fourth-order valence-corrected chi connectivity index (χ4v) is 4.13. The van der Waals surface area contributed by atoms with Gasteiger partial charge in [-0.2, -0.15) is 0 Å². The number of nitrogens with zero attached hydrogens (tertiary/aromatic N) is 2. The van der Waals surface area contributed by atoms with E-state index in [-0.39, 0.29) is 10.9 Å². The maximum absolute atomic E-state index is 13.4. The van der Waals surface area contributed by atoms with Crippen molar-refractivity contribution in [3.05, 3.63) is 29.8 Å². The van der Waals surface area contributed by atoms with Crippen LogP contribution in [0.3, 0.4) is 0 Å². The Morgan fingerprint density at radius 3 is 1.97 bits per heavy atom. The highest BCUT2D eigenvalue weighted by Gasteiger charge is 2.39. The first-order valence-electron chi connectivity index (χ1n) is 11.3. The normalized spacial score (nSPS) is 17.0. The first kappa shape index (κ1) is 26.2. The largest absolute Gasteiger partial charge is 0.544 e. The van der Waals surface area contributed by atoms with Crippen molar-refractivity contribution in [2.24, 2.45) is 0 Å². The number of carbonyl (C=O) groups is 2. The molecular formula is C24H41N3O4Si. The maximum atomic E-state index is 13.4. The van der Waals surface area contributed by atoms with Crippen LogP contribution in [0.15, 0.2) is 24.3 Å². The van der Waals surface area contributed by atoms with Crippen LogP contribution < -0.4 is 9.74 Å². The van der Waals surface area contributed by atoms with Gasteiger partial charge in [-0.15, -0.1) is 0 Å². The molecule has 1 aromatic rings. The van der Waals surface area contributed by atoms with Crippen LogP contribution in [0.4, 0.5) is 4.79 Å². The van der Waals surface area contributed by atoms with Gasteiger partial charge in [0, 0.05) is 26.2 Å². The summed E-state index contributed by atoms with van der Waals surface area (Å²) in [6.07, 6.45) is -0.605. The molecule has 0 saturated carbocycles. The van der Waals surface area contributed by atoms with Crippen LogP contribution in [0.2, 0.25) is 18.1 Å². The lowest BCUT2D eigenvalue weighted by atomic mass is 10.0. The van der Waals surface area contributed by atoms with Crippen LogP contribution in [0.5, 0.6) is 5.75 Å². The predicted molar refractivity (Wildman–Crippen MR) is 130 cm³/mol. The van der Waals surface area contributed by atoms with Gasteiger partial charge in [0.15, 0.2) is 0 Å². The Bertz CT molecular complexity index is 789. The van der Waals surface area contributed by atoms with Crippen molar-refractivity contribution in [2.45, 2.75) is 71.3 Å². The number of nitrogens with one attached hydrogen (secondary N) is 1. The standard InChI is InChI=1S/C24H41N3O4Si/c1-23(2,3)30-22(29)25-20(21(28)27-16-14-26(7)15-17-27)18-10-12-19(13-11-18)31-32(8,9)24(4,5)6/h10-13,20H,14-17H2,1-9H3,(H,25,29)/t20-/m1/s1. The SMILES string of the molecule is CN1CCN(C(=O)[C@H](NC(=O)OC(C)(C)C)c2ccc(O[Si](C)(C)C(C)(C)C)cc2)CC1. The van der Waals surface area contributed by atoms with Crippen molar-refractivity contribution in [1.29, 1.82) is 0 Å². The molecule has 1 heterocycles. The summed E-state index contributed by atoms with van der Waals surface area (Å²) in [6, 6.07) is 6.68. The Morgan fingerprint density at radius 2 is 1.50 bits per heavy atom. The molecule has 1 atom stereocenters. The van der Waals surface area contributed by atoms with E-state index >= 15 is 0 Å². The van der Waals surface area contributed by atoms with Gasteiger partial charge in [0.1, 0.15) is 17.4 Å². The number of piperazine rings is 1. The Balaban J connectivity index is 2.24. The van der Waals surface area contributed by atoms with Gasteiger partial charge in [-0.1, -0.05) is 32.9 Å². The molecular weight excluding hydrogens is 422 g/mol. The van der Waals surface area contributed by atoms with E-state index in [4.69, 9.17) is 9.16 Å². The number of ether oxygens (including phenoxy) is 1. The topological polar surface area (TPSA) is 71.1 Å². The van der Waals surface area contributed by atoms with Gasteiger partial charge < -0.3 is 24.3 Å². The molecule has 1 aliphatic heterocycles. The zero-order valence-corrected chi connectivity index (χ0v) is 22.2. The summed E-state index contributed by atoms with van der Waals surface area (Å²) in [4.78, 5) is 29.9. The highest BCUT2D eigenvalue weighted by Crippen LogP contribution is 2.37. The maximum Gasteiger partial charge on any atom is 0.408 e. The summed E-state index contributed by atoms with van der Waals surface area (Å²) < 4.78 is 11.8. The van der Waals surface area contributed by atoms with E-state index in [0.29, 0.717) is 18.7 Å². The number of rotatable bonds is 5. The number of hydrogen-bond donors (Lipinski definition) is 1. The molecule has 0 aromatic heterocycles. The first-order chi connectivity index (χ1) is 14.6. The van der Waals surface area contributed by atoms with E-state index in [2.05, 4.69) is 44.1 Å². The molecule has 1 aliphatic rings. The second-order valence-electron chi connectivity index (χ2n) is 11.1. The van der Waals surface area contributed by atoms with Crippen molar-refractivity contribution < 1.29 is 18.8 Å². The lowest BCUT2D eigenvalue weighted by Gasteiger charge is -2.36. The van der Waals surface area contributed by atoms with Crippen LogP contribution in [0.1, 0.15) is 53.1 Å². The van der Waals surface area contributed by atoms with Gasteiger partial charge in [0.05, 0.1) is 0 Å². The molecule has 0 bridgehead atoms. The monoisotopic (exact) mass is 463 g/mol. The molecule has 2 amide bonds. The first-order valence-corrected chi connectivity index (χ1v) is 14.3. The van der Waals surface area contributed by atoms with Crippen LogP contribution in [0.25, 0.3) is 0 Å². The Morgan fingerprint density at radius 1 is 0.969 bits per heavy atom. The fourth-order valence-electron chi connectivity index (χ4n) is 3.10. The number of likely N-dealkylation sites (N-methyl/N-ethyl adjacent to an activating group) is 1. The summed E-state index contributed by atoms with van der Waals surface area (Å²) >= 11 is 0. The van der Waals surface area contributed by atoms with E-state index in [1.54, 1.807) is 20.8 Å². The number of benzene rings is 1. The highest BCUT2D eigenvalue weighted by atomic mass is 28.4. The van der Waals surface area contributed by atoms with E-state index in [0.717, 1.165) is 18.8 Å². The second kappa shape index (κ2) is 9.83. The molecule has 1 fully saturated rings. The molecule has 1 saturated heterocycles. The molecule has 0 aliphatic carbocycles. The molecule has 0 spiro atoms. The zero-order chi connectivity index (χ0) is 24.3. The minimum atomic E-state index is -1.97. The Hall–Kier alpha value is -2.06. The van der Waals surface area contributed by atoms with Gasteiger partial charge in [0.2, 0.25) is 14.2 Å². The van der Waals surface area contributed by atoms with E-state index < -0.39 is 26.1 Å². The summed E-state index contributed by atoms with van der Waals surface area (Å²) in [5, 5.41) is 2.88. The minimum absolute atomic E-state index is 0.0872. The molecule has 2 rings (SSSR count). The third kappa shape index (κ3) is 7.23. The molecule has 1 N–H and O–H groups in total. The van der Waals surface area contributed by atoms with Crippen LogP contribution in [0, 0.1) is 0 Å². The van der Waals surface area contributed by atoms with Crippen LogP contribution >= 0.6 is 0 Å². The van der Waals surface area contributed by atoms with E-state index in [1.807, 2.05) is 36.2 Å². The van der Waals surface area contributed by atoms with Crippen molar-refractivity contribution in [2.75, 3.05) is 33.2 Å². The van der Waals surface area contributed by atoms with Gasteiger partial charge in [-0.05, 0) is 63.6 Å². The Kier molecular flexibility index (Phi) is 8.04. The second-order valence-corrected chi connectivity index (χ2v) is 15.9. The molecule has 32 heavy (non-hydrogen) atoms. The van der Waals surface area contributed by atoms with Crippen molar-refractivity contribution in [1.82, 2.24) is 15.1 Å². The lowest BCUT2D eigenvalue weighted by Crippen LogP contribution is -2.51. The molecule has 0 radical (unpaired) electrons. The predicted octanol–water partition coefficient (Wildman–Crippen LogP) is 4.41. The molecule has 1 aromatic carbocycles. The van der Waals surface area contributed by atoms with Crippen molar-refractivity contribution >= 4 is 20.3 Å². The van der Waals surface area contributed by atoms with Crippen LogP contribution in [-0.4, -0.2) is 68.9 Å². The summed E-state index contributed by atoms with van der Waals surface area (Å²) in [5.74, 6) is 0.658. The minimum Gasteiger partial charge on any atom is -0.544 e. The summed E-state index contributed by atoms with van der Waals surface area (Å²) in [5.41, 5.74) is 0.0641. The van der Waals surface area contributed by atoms with Crippen molar-refractivity contribution in [3.63, 3.8) is 0 Å². The van der Waals surface area contributed by atoms with Crippen LogP contribution in [-0.2, 0) is 9.53 Å². The number of alkyl carbamates (subject to hydrolysis) is 1. The quantitative estimate of drug-likeness (QED) is 0.655. The summed E-state index contributed by atoms with van der Waals surface area (Å²) in [7, 11) is 0.0730. The fraction of sp³-hybridized carbons (Fsp3) is 0.667. The number of amides is 2. The van der Waals surface area contributed by atoms with E-state index in [1.165, 1.54) is 0 Å². The average Bonchev–Trinajstić information content (AvgIpc) is 2.64. The molecule has 7 nitrogen and oxygen atoms in total. The van der Waals surface area contributed by atoms with Gasteiger partial charge >= 0.3 is 6.09 Å². The average molecular weight is 464 g/mol. The third-order valence-corrected chi connectivity index (χ3v) is 10.5. The molecule has 180 valence electrons. The summed E-state index contributed by atoms with van der Waals surface area (Å²) in [6.45, 7) is 19.3. The lowest BCUT2D eigenvalue weighted by molar-refractivity contribution is -0.135. The molecule has 8 heteroatoms. The third-order valence-electron chi connectivity index (χ3n) is 6.12. The number of hydrogen-bond acceptors (Lipinski definition) is 5. The van der Waals surface area contributed by atoms with Crippen molar-refractivity contribution in [3.8, 4) is 5.75 Å². The van der Waals surface area contributed by atoms with E-state index in [9.17, 15) is 9.59 Å². The van der Waals surface area contributed by atoms with Gasteiger partial charge in [-0.3, -0.25) is 4.79 Å². The van der Waals surface area contributed by atoms with Gasteiger partial charge in [0.25, 0.3) is 0 Å². The highest BCUT2D eigenvalue weighted by molar-refractivity contribution is 6.74. The number of carbonyl (C=O) groups excluding carboxylic acids is 2. The van der Waals surface area contributed by atoms with Gasteiger partial charge in [-0.25, -0.2) is 4.79 Å².